The lowest BCUT2D eigenvalue weighted by Gasteiger charge is -2.14. The Morgan fingerprint density at radius 3 is 2.81 bits per heavy atom. The van der Waals surface area contributed by atoms with Crippen molar-refractivity contribution in [3.63, 3.8) is 0 Å². The number of fused-ring (bicyclic) bond motifs is 1. The van der Waals surface area contributed by atoms with Gasteiger partial charge in [0.15, 0.2) is 6.10 Å². The van der Waals surface area contributed by atoms with Gasteiger partial charge in [-0.3, -0.25) is 0 Å². The van der Waals surface area contributed by atoms with Gasteiger partial charge < -0.3 is 20.1 Å². The number of benzene rings is 1. The van der Waals surface area contributed by atoms with Gasteiger partial charge in [-0.2, -0.15) is 0 Å². The van der Waals surface area contributed by atoms with Crippen molar-refractivity contribution in [2.45, 2.75) is 18.6 Å². The molecular formula is C11H12O5. The molecule has 0 spiro atoms. The Hall–Kier alpha value is -1.59. The fourth-order valence-corrected chi connectivity index (χ4v) is 1.71. The first-order chi connectivity index (χ1) is 7.59. The van der Waals surface area contributed by atoms with Gasteiger partial charge in [0, 0.05) is 6.42 Å². The van der Waals surface area contributed by atoms with Crippen LogP contribution in [0.15, 0.2) is 18.2 Å². The van der Waals surface area contributed by atoms with Crippen molar-refractivity contribution < 1.29 is 24.9 Å². The van der Waals surface area contributed by atoms with Crippen LogP contribution in [0.1, 0.15) is 17.2 Å². The molecule has 1 aliphatic heterocycles. The lowest BCUT2D eigenvalue weighted by molar-refractivity contribution is -0.153. The first kappa shape index (κ1) is 10.9. The van der Waals surface area contributed by atoms with E-state index in [1.165, 1.54) is 0 Å². The van der Waals surface area contributed by atoms with E-state index < -0.39 is 18.2 Å². The van der Waals surface area contributed by atoms with Gasteiger partial charge in [-0.1, -0.05) is 6.07 Å². The van der Waals surface area contributed by atoms with E-state index in [0.29, 0.717) is 12.2 Å². The molecule has 0 bridgehead atoms. The van der Waals surface area contributed by atoms with Crippen LogP contribution in [-0.2, 0) is 11.2 Å². The molecule has 1 aromatic carbocycles. The van der Waals surface area contributed by atoms with Gasteiger partial charge >= 0.3 is 5.97 Å². The molecule has 16 heavy (non-hydrogen) atoms. The van der Waals surface area contributed by atoms with E-state index in [1.807, 2.05) is 0 Å². The number of aliphatic hydroxyl groups is 2. The molecule has 86 valence electrons. The van der Waals surface area contributed by atoms with Crippen molar-refractivity contribution in [3.05, 3.63) is 29.3 Å². The van der Waals surface area contributed by atoms with Gasteiger partial charge in [0.25, 0.3) is 0 Å². The monoisotopic (exact) mass is 224 g/mol. The molecule has 0 aromatic heterocycles. The average Bonchev–Trinajstić information content (AvgIpc) is 2.73. The Kier molecular flexibility index (Phi) is 2.80. The van der Waals surface area contributed by atoms with Gasteiger partial charge in [-0.25, -0.2) is 4.79 Å². The predicted molar refractivity (Wildman–Crippen MR) is 54.2 cm³/mol. The highest BCUT2D eigenvalue weighted by Gasteiger charge is 2.26. The number of hydrogen-bond donors (Lipinski definition) is 3. The molecule has 1 aromatic rings. The molecule has 2 unspecified atom stereocenters. The highest BCUT2D eigenvalue weighted by atomic mass is 16.5. The maximum Gasteiger partial charge on any atom is 0.335 e. The Bertz CT molecular complexity index is 415. The van der Waals surface area contributed by atoms with Crippen LogP contribution in [0.25, 0.3) is 0 Å². The third-order valence-electron chi connectivity index (χ3n) is 2.61. The smallest absolute Gasteiger partial charge is 0.335 e. The van der Waals surface area contributed by atoms with Crippen LogP contribution in [0, 0.1) is 0 Å². The number of hydrogen-bond acceptors (Lipinski definition) is 4. The zero-order valence-corrected chi connectivity index (χ0v) is 8.46. The highest BCUT2D eigenvalue weighted by Crippen LogP contribution is 2.29. The van der Waals surface area contributed by atoms with E-state index in [0.717, 1.165) is 17.7 Å². The first-order valence-electron chi connectivity index (χ1n) is 4.94. The average molecular weight is 224 g/mol. The maximum absolute atomic E-state index is 10.5. The molecule has 2 atom stereocenters. The van der Waals surface area contributed by atoms with Gasteiger partial charge in [-0.15, -0.1) is 0 Å². The summed E-state index contributed by atoms with van der Waals surface area (Å²) in [7, 11) is 0. The van der Waals surface area contributed by atoms with Crippen molar-refractivity contribution in [3.8, 4) is 5.75 Å². The maximum atomic E-state index is 10.5. The van der Waals surface area contributed by atoms with Gasteiger partial charge in [0.1, 0.15) is 11.9 Å². The molecule has 5 nitrogen and oxygen atoms in total. The lowest BCUT2D eigenvalue weighted by Crippen LogP contribution is -2.27. The van der Waals surface area contributed by atoms with Crippen LogP contribution < -0.4 is 4.74 Å². The number of ether oxygens (including phenoxy) is 1. The van der Waals surface area contributed by atoms with E-state index >= 15 is 0 Å². The minimum absolute atomic E-state index is 0.388. The molecule has 0 saturated heterocycles. The van der Waals surface area contributed by atoms with Gasteiger partial charge in [0.2, 0.25) is 0 Å². The van der Waals surface area contributed by atoms with E-state index in [4.69, 9.17) is 9.84 Å². The summed E-state index contributed by atoms with van der Waals surface area (Å²) in [6.07, 6.45) is -2.48. The number of carboxylic acids is 1. The standard InChI is InChI=1S/C11H12O5/c12-9(10(13)11(14)15)7-1-2-8-6(5-7)3-4-16-8/h1-2,5,9-10,12-13H,3-4H2,(H,14,15). The number of aliphatic hydroxyl groups excluding tert-OH is 2. The molecule has 0 fully saturated rings. The molecule has 1 heterocycles. The van der Waals surface area contributed by atoms with Crippen LogP contribution in [0.5, 0.6) is 5.75 Å². The summed E-state index contributed by atoms with van der Waals surface area (Å²) >= 11 is 0. The zero-order valence-electron chi connectivity index (χ0n) is 8.46. The molecule has 0 amide bonds. The Morgan fingerprint density at radius 2 is 2.12 bits per heavy atom. The van der Waals surface area contributed by atoms with Crippen LogP contribution in [0.4, 0.5) is 0 Å². The summed E-state index contributed by atoms with van der Waals surface area (Å²) in [6.45, 7) is 0.594. The topological polar surface area (TPSA) is 87.0 Å². The molecule has 0 saturated carbocycles. The summed E-state index contributed by atoms with van der Waals surface area (Å²) in [5.74, 6) is -0.690. The second-order valence-electron chi connectivity index (χ2n) is 3.69. The second kappa shape index (κ2) is 4.11. The molecule has 3 N–H and O–H groups in total. The molecular weight excluding hydrogens is 212 g/mol. The van der Waals surface area contributed by atoms with Crippen molar-refractivity contribution in [2.24, 2.45) is 0 Å². The van der Waals surface area contributed by atoms with Gasteiger partial charge in [-0.05, 0) is 23.3 Å². The van der Waals surface area contributed by atoms with Crippen LogP contribution in [0.3, 0.4) is 0 Å². The predicted octanol–water partition coefficient (Wildman–Crippen LogP) is 0.100. The van der Waals surface area contributed by atoms with Crippen molar-refractivity contribution in [1.82, 2.24) is 0 Å². The Labute approximate surface area is 91.9 Å². The zero-order chi connectivity index (χ0) is 11.7. The molecule has 1 aliphatic rings. The largest absolute Gasteiger partial charge is 0.493 e. The van der Waals surface area contributed by atoms with Crippen LogP contribution in [-0.4, -0.2) is 34.0 Å². The number of aliphatic carboxylic acids is 1. The van der Waals surface area contributed by atoms with E-state index in [9.17, 15) is 15.0 Å². The second-order valence-corrected chi connectivity index (χ2v) is 3.69. The molecule has 5 heteroatoms. The lowest BCUT2D eigenvalue weighted by atomic mass is 10.0. The summed E-state index contributed by atoms with van der Waals surface area (Å²) in [6, 6.07) is 4.90. The summed E-state index contributed by atoms with van der Waals surface area (Å²) < 4.78 is 5.28. The third kappa shape index (κ3) is 1.87. The van der Waals surface area contributed by atoms with Crippen molar-refractivity contribution in [1.29, 1.82) is 0 Å². The Balaban J connectivity index is 2.24. The number of carbonyl (C=O) groups is 1. The first-order valence-corrected chi connectivity index (χ1v) is 4.94. The number of carboxylic acid groups (broad SMARTS) is 1. The number of rotatable bonds is 3. The van der Waals surface area contributed by atoms with Crippen LogP contribution in [0.2, 0.25) is 0 Å². The van der Waals surface area contributed by atoms with E-state index in [2.05, 4.69) is 0 Å². The highest BCUT2D eigenvalue weighted by molar-refractivity contribution is 5.73. The fraction of sp³-hybridized carbons (Fsp3) is 0.364. The van der Waals surface area contributed by atoms with Gasteiger partial charge in [0.05, 0.1) is 6.61 Å². The third-order valence-corrected chi connectivity index (χ3v) is 2.61. The molecule has 2 rings (SSSR count). The summed E-state index contributed by atoms with van der Waals surface area (Å²) in [4.78, 5) is 10.5. The van der Waals surface area contributed by atoms with E-state index in [1.54, 1.807) is 18.2 Å². The quantitative estimate of drug-likeness (QED) is 0.677. The van der Waals surface area contributed by atoms with Crippen molar-refractivity contribution in [2.75, 3.05) is 6.61 Å². The summed E-state index contributed by atoms with van der Waals surface area (Å²) in [5, 5.41) is 27.4. The normalized spacial score (nSPS) is 17.4. The molecule has 0 radical (unpaired) electrons. The minimum Gasteiger partial charge on any atom is -0.493 e. The minimum atomic E-state index is -1.81. The molecule has 0 aliphatic carbocycles. The SMILES string of the molecule is O=C(O)C(O)C(O)c1ccc2c(c1)CCO2. The fourth-order valence-electron chi connectivity index (χ4n) is 1.71. The van der Waals surface area contributed by atoms with E-state index in [-0.39, 0.29) is 0 Å². The van der Waals surface area contributed by atoms with Crippen molar-refractivity contribution >= 4 is 5.97 Å². The van der Waals surface area contributed by atoms with Crippen LogP contribution >= 0.6 is 0 Å². The summed E-state index contributed by atoms with van der Waals surface area (Å²) in [5.41, 5.74) is 1.31. The Morgan fingerprint density at radius 1 is 1.38 bits per heavy atom.